The van der Waals surface area contributed by atoms with Gasteiger partial charge in [-0.05, 0) is 25.9 Å². The van der Waals surface area contributed by atoms with Crippen molar-refractivity contribution in [1.82, 2.24) is 9.88 Å². The molecule has 1 aromatic rings. The van der Waals surface area contributed by atoms with Crippen molar-refractivity contribution in [2.75, 3.05) is 25.0 Å². The summed E-state index contributed by atoms with van der Waals surface area (Å²) in [6.45, 7) is 4.92. The summed E-state index contributed by atoms with van der Waals surface area (Å²) in [6.07, 6.45) is 5.86. The molecule has 0 aromatic carbocycles. The van der Waals surface area contributed by atoms with E-state index in [2.05, 4.69) is 9.88 Å². The van der Waals surface area contributed by atoms with Crippen molar-refractivity contribution in [3.63, 3.8) is 0 Å². The van der Waals surface area contributed by atoms with E-state index in [0.717, 1.165) is 11.7 Å². The normalized spacial score (nSPS) is 17.1. The topological polar surface area (TPSA) is 36.4 Å². The summed E-state index contributed by atoms with van der Waals surface area (Å²) in [4.78, 5) is 20.8. The fourth-order valence-electron chi connectivity index (χ4n) is 2.00. The number of carbonyl (C=O) groups is 1. The molecule has 1 aliphatic heterocycles. The van der Waals surface area contributed by atoms with Gasteiger partial charge in [0.1, 0.15) is 0 Å². The predicted octanol–water partition coefficient (Wildman–Crippen LogP) is 2.11. The van der Waals surface area contributed by atoms with Gasteiger partial charge in [-0.25, -0.2) is 4.98 Å². The van der Waals surface area contributed by atoms with Gasteiger partial charge in [0.05, 0.1) is 0 Å². The maximum atomic E-state index is 11.2. The first-order valence-electron chi connectivity index (χ1n) is 6.08. The van der Waals surface area contributed by atoms with E-state index in [4.69, 9.17) is 0 Å². The lowest BCUT2D eigenvalue weighted by molar-refractivity contribution is -0.116. The smallest absolute Gasteiger partial charge is 0.225 e. The van der Waals surface area contributed by atoms with Crippen LogP contribution in [0, 0.1) is 0 Å². The Morgan fingerprint density at radius 2 is 2.18 bits per heavy atom. The van der Waals surface area contributed by atoms with Crippen LogP contribution in [-0.2, 0) is 11.3 Å². The predicted molar refractivity (Wildman–Crippen MR) is 70.3 cm³/mol. The van der Waals surface area contributed by atoms with Gasteiger partial charge in [-0.15, -0.1) is 11.3 Å². The molecule has 0 radical (unpaired) electrons. The Kier molecular flexibility index (Phi) is 4.12. The third-order valence-electron chi connectivity index (χ3n) is 3.13. The Morgan fingerprint density at radius 1 is 1.47 bits per heavy atom. The highest BCUT2D eigenvalue weighted by atomic mass is 32.1. The lowest BCUT2D eigenvalue weighted by atomic mass is 10.1. The Hall–Kier alpha value is -0.940. The molecule has 4 nitrogen and oxygen atoms in total. The van der Waals surface area contributed by atoms with Crippen LogP contribution in [0.2, 0.25) is 0 Å². The van der Waals surface area contributed by atoms with E-state index in [-0.39, 0.29) is 5.91 Å². The molecule has 0 N–H and O–H groups in total. The highest BCUT2D eigenvalue weighted by molar-refractivity contribution is 7.15. The van der Waals surface area contributed by atoms with Crippen LogP contribution in [0.3, 0.4) is 0 Å². The summed E-state index contributed by atoms with van der Waals surface area (Å²) >= 11 is 1.62. The monoisotopic (exact) mass is 253 g/mol. The number of piperidine rings is 1. The first kappa shape index (κ1) is 12.5. The molecule has 1 aromatic heterocycles. The second kappa shape index (κ2) is 5.60. The third-order valence-corrected chi connectivity index (χ3v) is 4.19. The highest BCUT2D eigenvalue weighted by Gasteiger charge is 2.14. The van der Waals surface area contributed by atoms with E-state index in [1.165, 1.54) is 37.2 Å². The van der Waals surface area contributed by atoms with E-state index in [0.29, 0.717) is 0 Å². The second-order valence-corrected chi connectivity index (χ2v) is 5.62. The van der Waals surface area contributed by atoms with Gasteiger partial charge in [-0.1, -0.05) is 6.42 Å². The van der Waals surface area contributed by atoms with Gasteiger partial charge in [0.25, 0.3) is 0 Å². The minimum Gasteiger partial charge on any atom is -0.298 e. The number of thiazole rings is 1. The minimum atomic E-state index is 0.0314. The summed E-state index contributed by atoms with van der Waals surface area (Å²) in [5.74, 6) is 0.0314. The summed E-state index contributed by atoms with van der Waals surface area (Å²) in [6, 6.07) is 0. The second-order valence-electron chi connectivity index (χ2n) is 4.52. The lowest BCUT2D eigenvalue weighted by Crippen LogP contribution is -2.28. The number of nitrogens with zero attached hydrogens (tertiary/aromatic N) is 3. The molecule has 0 saturated carbocycles. The van der Waals surface area contributed by atoms with Crippen molar-refractivity contribution in [1.29, 1.82) is 0 Å². The minimum absolute atomic E-state index is 0.0314. The molecule has 0 atom stereocenters. The van der Waals surface area contributed by atoms with Crippen LogP contribution in [0.1, 0.15) is 31.1 Å². The van der Waals surface area contributed by atoms with Gasteiger partial charge < -0.3 is 0 Å². The number of anilines is 1. The number of hydrogen-bond acceptors (Lipinski definition) is 4. The molecule has 0 aliphatic carbocycles. The molecule has 1 saturated heterocycles. The zero-order chi connectivity index (χ0) is 12.3. The summed E-state index contributed by atoms with van der Waals surface area (Å²) in [5.41, 5.74) is 0. The summed E-state index contributed by atoms with van der Waals surface area (Å²) < 4.78 is 0. The SMILES string of the molecule is CC(=O)N(C)c1ncc(CN2CCCCC2)s1. The summed E-state index contributed by atoms with van der Waals surface area (Å²) in [7, 11) is 1.77. The molecule has 1 aliphatic rings. The van der Waals surface area contributed by atoms with E-state index in [9.17, 15) is 4.79 Å². The largest absolute Gasteiger partial charge is 0.298 e. The molecule has 0 bridgehead atoms. The zero-order valence-corrected chi connectivity index (χ0v) is 11.3. The zero-order valence-electron chi connectivity index (χ0n) is 10.5. The molecule has 0 unspecified atom stereocenters. The third kappa shape index (κ3) is 3.26. The van der Waals surface area contributed by atoms with Crippen molar-refractivity contribution in [3.05, 3.63) is 11.1 Å². The summed E-state index contributed by atoms with van der Waals surface area (Å²) in [5, 5.41) is 0.796. The van der Waals surface area contributed by atoms with Crippen LogP contribution in [0.15, 0.2) is 6.20 Å². The molecular weight excluding hydrogens is 234 g/mol. The molecule has 0 spiro atoms. The first-order chi connectivity index (χ1) is 8.16. The van der Waals surface area contributed by atoms with Gasteiger partial charge in [0.15, 0.2) is 5.13 Å². The van der Waals surface area contributed by atoms with Crippen molar-refractivity contribution in [3.8, 4) is 0 Å². The van der Waals surface area contributed by atoms with Crippen LogP contribution >= 0.6 is 11.3 Å². The molecule has 2 rings (SSSR count). The molecule has 1 fully saturated rings. The lowest BCUT2D eigenvalue weighted by Gasteiger charge is -2.25. The number of amides is 1. The molecule has 94 valence electrons. The van der Waals surface area contributed by atoms with Crippen LogP contribution < -0.4 is 4.90 Å². The van der Waals surface area contributed by atoms with Crippen molar-refractivity contribution in [2.45, 2.75) is 32.7 Å². The number of carbonyl (C=O) groups excluding carboxylic acids is 1. The van der Waals surface area contributed by atoms with Crippen molar-refractivity contribution in [2.24, 2.45) is 0 Å². The van der Waals surface area contributed by atoms with Crippen LogP contribution in [0.5, 0.6) is 0 Å². The van der Waals surface area contributed by atoms with Gasteiger partial charge >= 0.3 is 0 Å². The van der Waals surface area contributed by atoms with Gasteiger partial charge in [-0.2, -0.15) is 0 Å². The first-order valence-corrected chi connectivity index (χ1v) is 6.90. The van der Waals surface area contributed by atoms with Gasteiger partial charge in [0, 0.05) is 31.6 Å². The van der Waals surface area contributed by atoms with E-state index < -0.39 is 0 Å². The van der Waals surface area contributed by atoms with Crippen LogP contribution in [0.4, 0.5) is 5.13 Å². The fraction of sp³-hybridized carbons (Fsp3) is 0.667. The Balaban J connectivity index is 1.95. The van der Waals surface area contributed by atoms with Crippen LogP contribution in [0.25, 0.3) is 0 Å². The number of hydrogen-bond donors (Lipinski definition) is 0. The average Bonchev–Trinajstić information content (AvgIpc) is 2.77. The van der Waals surface area contributed by atoms with E-state index in [1.54, 1.807) is 30.2 Å². The number of rotatable bonds is 3. The molecule has 2 heterocycles. The van der Waals surface area contributed by atoms with Crippen LogP contribution in [-0.4, -0.2) is 35.9 Å². The molecule has 5 heteroatoms. The van der Waals surface area contributed by atoms with Crippen molar-refractivity contribution < 1.29 is 4.79 Å². The quantitative estimate of drug-likeness (QED) is 0.828. The van der Waals surface area contributed by atoms with Gasteiger partial charge in [0.2, 0.25) is 5.91 Å². The Morgan fingerprint density at radius 3 is 2.82 bits per heavy atom. The Bertz CT molecular complexity index is 385. The van der Waals surface area contributed by atoms with E-state index >= 15 is 0 Å². The Labute approximate surface area is 106 Å². The average molecular weight is 253 g/mol. The number of likely N-dealkylation sites (tertiary alicyclic amines) is 1. The number of aromatic nitrogens is 1. The standard InChI is InChI=1S/C12H19N3OS/c1-10(16)14(2)12-13-8-11(17-12)9-15-6-4-3-5-7-15/h8H,3-7,9H2,1-2H3. The molecule has 1 amide bonds. The maximum absolute atomic E-state index is 11.2. The molecular formula is C12H19N3OS. The van der Waals surface area contributed by atoms with Gasteiger partial charge in [-0.3, -0.25) is 14.6 Å². The molecule has 17 heavy (non-hydrogen) atoms. The fourth-order valence-corrected chi connectivity index (χ4v) is 2.96. The van der Waals surface area contributed by atoms with Crippen molar-refractivity contribution >= 4 is 22.4 Å². The maximum Gasteiger partial charge on any atom is 0.225 e. The highest BCUT2D eigenvalue weighted by Crippen LogP contribution is 2.23. The van der Waals surface area contributed by atoms with E-state index in [1.807, 2.05) is 6.20 Å².